The van der Waals surface area contributed by atoms with Crippen molar-refractivity contribution in [2.24, 2.45) is 17.8 Å². The summed E-state index contributed by atoms with van der Waals surface area (Å²) >= 11 is 0. The third kappa shape index (κ3) is 3.14. The molecule has 3 unspecified atom stereocenters. The van der Waals surface area contributed by atoms with Crippen LogP contribution in [0.4, 0.5) is 0 Å². The van der Waals surface area contributed by atoms with Crippen LogP contribution in [0.1, 0.15) is 32.6 Å². The van der Waals surface area contributed by atoms with Crippen LogP contribution >= 0.6 is 0 Å². The fraction of sp³-hybridized carbons (Fsp3) is 0.800. The smallest absolute Gasteiger partial charge is 0.334 e. The molecule has 2 saturated carbocycles. The van der Waals surface area contributed by atoms with Gasteiger partial charge in [-0.25, -0.2) is 4.79 Å². The van der Waals surface area contributed by atoms with Crippen LogP contribution in [0.5, 0.6) is 0 Å². The van der Waals surface area contributed by atoms with Gasteiger partial charge in [0.25, 0.3) is 0 Å². The lowest BCUT2D eigenvalue weighted by Gasteiger charge is -2.27. The molecule has 0 N–H and O–H groups in total. The summed E-state index contributed by atoms with van der Waals surface area (Å²) in [4.78, 5) is 13.7. The Morgan fingerprint density at radius 2 is 2.17 bits per heavy atom. The molecule has 3 atom stereocenters. The molecule has 2 aliphatic carbocycles. The molecule has 0 aromatic heterocycles. The number of hydrogen-bond acceptors (Lipinski definition) is 3. The summed E-state index contributed by atoms with van der Waals surface area (Å²) in [5, 5.41) is 0. The first-order chi connectivity index (χ1) is 8.60. The molecule has 0 radical (unpaired) electrons. The minimum atomic E-state index is -0.253. The molecule has 0 heterocycles. The highest BCUT2D eigenvalue weighted by atomic mass is 16.5. The number of esters is 1. The minimum absolute atomic E-state index is 0.253. The second-order valence-electron chi connectivity index (χ2n) is 5.96. The highest BCUT2D eigenvalue weighted by molar-refractivity contribution is 5.88. The summed E-state index contributed by atoms with van der Waals surface area (Å²) < 4.78 is 4.96. The lowest BCUT2D eigenvalue weighted by molar-refractivity contribution is -0.138. The fourth-order valence-corrected chi connectivity index (χ4v) is 3.69. The Hall–Kier alpha value is -0.830. The molecule has 0 aliphatic heterocycles. The van der Waals surface area contributed by atoms with E-state index in [1.165, 1.54) is 25.7 Å². The van der Waals surface area contributed by atoms with Crippen molar-refractivity contribution in [1.82, 2.24) is 4.90 Å². The molecule has 0 aromatic rings. The van der Waals surface area contributed by atoms with E-state index in [2.05, 4.69) is 18.5 Å². The first-order valence-corrected chi connectivity index (χ1v) is 7.13. The molecule has 2 fully saturated rings. The van der Waals surface area contributed by atoms with E-state index in [0.29, 0.717) is 18.7 Å². The number of ether oxygens (including phenoxy) is 1. The maximum Gasteiger partial charge on any atom is 0.334 e. The van der Waals surface area contributed by atoms with Crippen LogP contribution in [0.15, 0.2) is 12.2 Å². The zero-order chi connectivity index (χ0) is 13.1. The number of hydrogen-bond donors (Lipinski definition) is 0. The van der Waals surface area contributed by atoms with Crippen LogP contribution in [-0.4, -0.2) is 37.6 Å². The quantitative estimate of drug-likeness (QED) is 0.536. The van der Waals surface area contributed by atoms with Gasteiger partial charge in [-0.1, -0.05) is 13.0 Å². The molecule has 0 spiro atoms. The highest BCUT2D eigenvalue weighted by Gasteiger charge is 2.39. The molecule has 2 rings (SSSR count). The largest absolute Gasteiger partial charge is 0.463 e. The number of nitrogens with zero attached hydrogens (tertiary/aromatic N) is 1. The lowest BCUT2D eigenvalue weighted by Crippen LogP contribution is -2.31. The second kappa shape index (κ2) is 5.87. The molecular weight excluding hydrogens is 226 g/mol. The van der Waals surface area contributed by atoms with Crippen molar-refractivity contribution in [3.8, 4) is 0 Å². The first kappa shape index (κ1) is 13.6. The van der Waals surface area contributed by atoms with Crippen LogP contribution in [0.3, 0.4) is 0 Å². The van der Waals surface area contributed by atoms with Crippen molar-refractivity contribution < 1.29 is 9.53 Å². The maximum absolute atomic E-state index is 11.5. The first-order valence-electron chi connectivity index (χ1n) is 7.13. The Kier molecular flexibility index (Phi) is 4.44. The normalized spacial score (nSPS) is 29.8. The van der Waals surface area contributed by atoms with Crippen molar-refractivity contribution in [2.75, 3.05) is 26.7 Å². The average Bonchev–Trinajstić information content (AvgIpc) is 2.90. The van der Waals surface area contributed by atoms with E-state index in [0.717, 1.165) is 24.3 Å². The average molecular weight is 251 g/mol. The number of fused-ring (bicyclic) bond motifs is 2. The van der Waals surface area contributed by atoms with Crippen LogP contribution in [0.25, 0.3) is 0 Å². The van der Waals surface area contributed by atoms with E-state index >= 15 is 0 Å². The fourth-order valence-electron chi connectivity index (χ4n) is 3.69. The molecule has 0 saturated heterocycles. The van der Waals surface area contributed by atoms with Gasteiger partial charge in [-0.3, -0.25) is 0 Å². The lowest BCUT2D eigenvalue weighted by atomic mass is 9.88. The molecule has 3 heteroatoms. The highest BCUT2D eigenvalue weighted by Crippen LogP contribution is 2.48. The SMILES string of the molecule is C=C(CN(C)CC1CC2CCC1C2)C(=O)OCC. The predicted molar refractivity (Wildman–Crippen MR) is 72.2 cm³/mol. The molecule has 3 nitrogen and oxygen atoms in total. The number of carbonyl (C=O) groups excluding carboxylic acids is 1. The van der Waals surface area contributed by atoms with E-state index in [1.54, 1.807) is 0 Å². The van der Waals surface area contributed by atoms with Gasteiger partial charge < -0.3 is 9.64 Å². The van der Waals surface area contributed by atoms with Gasteiger partial charge in [-0.2, -0.15) is 0 Å². The van der Waals surface area contributed by atoms with E-state index < -0.39 is 0 Å². The summed E-state index contributed by atoms with van der Waals surface area (Å²) in [7, 11) is 2.08. The van der Waals surface area contributed by atoms with Gasteiger partial charge in [-0.05, 0) is 51.0 Å². The topological polar surface area (TPSA) is 29.5 Å². The van der Waals surface area contributed by atoms with E-state index in [1.807, 2.05) is 6.92 Å². The van der Waals surface area contributed by atoms with Crippen molar-refractivity contribution >= 4 is 5.97 Å². The van der Waals surface area contributed by atoms with E-state index in [-0.39, 0.29) is 5.97 Å². The van der Waals surface area contributed by atoms with Crippen molar-refractivity contribution in [3.05, 3.63) is 12.2 Å². The van der Waals surface area contributed by atoms with Crippen LogP contribution in [-0.2, 0) is 9.53 Å². The summed E-state index contributed by atoms with van der Waals surface area (Å²) in [5.41, 5.74) is 0.572. The van der Waals surface area contributed by atoms with Gasteiger partial charge in [0.2, 0.25) is 0 Å². The molecule has 0 aromatic carbocycles. The molecule has 102 valence electrons. The Bertz CT molecular complexity index is 326. The summed E-state index contributed by atoms with van der Waals surface area (Å²) in [6, 6.07) is 0. The Labute approximate surface area is 110 Å². The zero-order valence-corrected chi connectivity index (χ0v) is 11.7. The third-order valence-corrected chi connectivity index (χ3v) is 4.46. The maximum atomic E-state index is 11.5. The molecule has 2 aliphatic rings. The Morgan fingerprint density at radius 3 is 2.72 bits per heavy atom. The van der Waals surface area contributed by atoms with Crippen LogP contribution < -0.4 is 0 Å². The second-order valence-corrected chi connectivity index (χ2v) is 5.96. The molecule has 2 bridgehead atoms. The van der Waals surface area contributed by atoms with Gasteiger partial charge in [0.15, 0.2) is 0 Å². The van der Waals surface area contributed by atoms with Gasteiger partial charge in [0.05, 0.1) is 6.61 Å². The zero-order valence-electron chi connectivity index (χ0n) is 11.7. The number of likely N-dealkylation sites (N-methyl/N-ethyl adjacent to an activating group) is 1. The monoisotopic (exact) mass is 251 g/mol. The standard InChI is InChI=1S/C15H25NO2/c1-4-18-15(17)11(2)9-16(3)10-14-8-12-5-6-13(14)7-12/h12-14H,2,4-10H2,1,3H3. The summed E-state index contributed by atoms with van der Waals surface area (Å²) in [6.45, 7) is 7.80. The number of rotatable bonds is 6. The van der Waals surface area contributed by atoms with Gasteiger partial charge in [-0.15, -0.1) is 0 Å². The molecule has 18 heavy (non-hydrogen) atoms. The molecule has 0 amide bonds. The van der Waals surface area contributed by atoms with E-state index in [9.17, 15) is 4.79 Å². The number of carbonyl (C=O) groups is 1. The molecular formula is C15H25NO2. The van der Waals surface area contributed by atoms with Crippen molar-refractivity contribution in [3.63, 3.8) is 0 Å². The van der Waals surface area contributed by atoms with Crippen LogP contribution in [0.2, 0.25) is 0 Å². The van der Waals surface area contributed by atoms with Crippen molar-refractivity contribution in [1.29, 1.82) is 0 Å². The Balaban J connectivity index is 1.73. The third-order valence-electron chi connectivity index (χ3n) is 4.46. The van der Waals surface area contributed by atoms with Crippen LogP contribution in [0, 0.1) is 17.8 Å². The van der Waals surface area contributed by atoms with Gasteiger partial charge in [0, 0.05) is 18.7 Å². The minimum Gasteiger partial charge on any atom is -0.463 e. The van der Waals surface area contributed by atoms with Gasteiger partial charge >= 0.3 is 5.97 Å². The van der Waals surface area contributed by atoms with Crippen molar-refractivity contribution in [2.45, 2.75) is 32.6 Å². The van der Waals surface area contributed by atoms with Gasteiger partial charge in [0.1, 0.15) is 0 Å². The summed E-state index contributed by atoms with van der Waals surface area (Å²) in [5.74, 6) is 2.51. The predicted octanol–water partition coefficient (Wildman–Crippen LogP) is 2.47. The summed E-state index contributed by atoms with van der Waals surface area (Å²) in [6.07, 6.45) is 5.70. The van der Waals surface area contributed by atoms with E-state index in [4.69, 9.17) is 4.74 Å². The Morgan fingerprint density at radius 1 is 1.39 bits per heavy atom.